The van der Waals surface area contributed by atoms with E-state index in [-0.39, 0.29) is 6.42 Å². The van der Waals surface area contributed by atoms with Gasteiger partial charge in [-0.2, -0.15) is 0 Å². The van der Waals surface area contributed by atoms with Crippen molar-refractivity contribution in [1.29, 1.82) is 0 Å². The van der Waals surface area contributed by atoms with Gasteiger partial charge in [0.25, 0.3) is 0 Å². The SMILES string of the molecule is [2H]C1([2H])C([2H])([2H])C([2H])(OC(=O)CC)[C@@]([2H])(N)C([2H])(c2ccc(O)c(O)c2)C1([2H])[2H]. The van der Waals surface area contributed by atoms with Gasteiger partial charge in [0, 0.05) is 27.9 Å². The summed E-state index contributed by atoms with van der Waals surface area (Å²) in [6, 6.07) is -1.02. The van der Waals surface area contributed by atoms with Crippen molar-refractivity contribution in [2.75, 3.05) is 0 Å². The molecule has 1 aromatic carbocycles. The molecule has 1 saturated carbocycles. The Bertz CT molecular complexity index is 847. The summed E-state index contributed by atoms with van der Waals surface area (Å²) < 4.78 is 79.3. The number of phenolic OH excluding ortho intramolecular Hbond substituents is 2. The van der Waals surface area contributed by atoms with E-state index < -0.39 is 60.1 Å². The Morgan fingerprint density at radius 3 is 2.90 bits per heavy atom. The van der Waals surface area contributed by atoms with Crippen molar-refractivity contribution < 1.29 is 32.1 Å². The molecule has 2 rings (SSSR count). The number of hydrogen-bond acceptors (Lipinski definition) is 5. The molecule has 0 amide bonds. The van der Waals surface area contributed by atoms with Gasteiger partial charge in [-0.15, -0.1) is 0 Å². The number of phenols is 2. The molecule has 0 aliphatic heterocycles. The molecule has 1 fully saturated rings. The molecule has 1 aliphatic rings. The summed E-state index contributed by atoms with van der Waals surface area (Å²) in [7, 11) is 0. The number of aromatic hydroxyl groups is 2. The summed E-state index contributed by atoms with van der Waals surface area (Å²) >= 11 is 0. The average molecular weight is 288 g/mol. The van der Waals surface area contributed by atoms with E-state index >= 15 is 0 Å². The lowest BCUT2D eigenvalue weighted by atomic mass is 9.78. The first-order valence-electron chi connectivity index (χ1n) is 10.4. The maximum atomic E-state index is 11.9. The number of carbonyl (C=O) groups excluding carboxylic acids is 1. The third-order valence-electron chi connectivity index (χ3n) is 2.65. The normalized spacial score (nSPS) is 51.4. The minimum Gasteiger partial charge on any atom is -0.504 e. The molecule has 3 atom stereocenters. The van der Waals surface area contributed by atoms with Crippen LogP contribution >= 0.6 is 0 Å². The molecule has 0 saturated heterocycles. The lowest BCUT2D eigenvalue weighted by Gasteiger charge is -2.35. The third kappa shape index (κ3) is 3.04. The fraction of sp³-hybridized carbons (Fsp3) is 0.533. The van der Waals surface area contributed by atoms with Crippen LogP contribution in [0.3, 0.4) is 0 Å². The molecule has 0 aromatic heterocycles. The summed E-state index contributed by atoms with van der Waals surface area (Å²) in [6.45, 7) is 1.30. The molecule has 5 heteroatoms. The lowest BCUT2D eigenvalue weighted by molar-refractivity contribution is -0.151. The van der Waals surface area contributed by atoms with E-state index in [9.17, 15) is 15.0 Å². The summed E-state index contributed by atoms with van der Waals surface area (Å²) in [5, 5.41) is 19.3. The zero-order valence-electron chi connectivity index (χ0n) is 19.7. The van der Waals surface area contributed by atoms with E-state index in [1.54, 1.807) is 0 Å². The van der Waals surface area contributed by atoms with Crippen LogP contribution in [-0.4, -0.2) is 28.3 Å². The molecule has 4 N–H and O–H groups in total. The Morgan fingerprint density at radius 1 is 1.50 bits per heavy atom. The van der Waals surface area contributed by atoms with Gasteiger partial charge in [0.2, 0.25) is 0 Å². The first-order chi connectivity index (χ1) is 12.9. The Balaban J connectivity index is 2.95. The van der Waals surface area contributed by atoms with Gasteiger partial charge in [-0.1, -0.05) is 13.0 Å². The van der Waals surface area contributed by atoms with Crippen LogP contribution in [-0.2, 0) is 9.53 Å². The molecule has 1 aromatic rings. The number of esters is 1. The largest absolute Gasteiger partial charge is 0.504 e. The summed E-state index contributed by atoms with van der Waals surface area (Å²) in [6.07, 6.45) is -14.8. The predicted molar refractivity (Wildman–Crippen MR) is 74.5 cm³/mol. The third-order valence-corrected chi connectivity index (χ3v) is 2.65. The Morgan fingerprint density at radius 2 is 2.25 bits per heavy atom. The molecule has 0 heterocycles. The first kappa shape index (κ1) is 6.80. The second-order valence-corrected chi connectivity index (χ2v) is 4.02. The number of hydrogen-bond donors (Lipinski definition) is 3. The lowest BCUT2D eigenvalue weighted by Crippen LogP contribution is -2.45. The summed E-state index contributed by atoms with van der Waals surface area (Å²) in [5.74, 6) is -5.97. The summed E-state index contributed by atoms with van der Waals surface area (Å²) in [5.41, 5.74) is 5.23. The van der Waals surface area contributed by atoms with Crippen LogP contribution in [0.1, 0.15) is 56.3 Å². The first-order valence-corrected chi connectivity index (χ1v) is 5.90. The quantitative estimate of drug-likeness (QED) is 0.584. The highest BCUT2D eigenvalue weighted by atomic mass is 16.5. The zero-order valence-corrected chi connectivity index (χ0v) is 10.7. The highest BCUT2D eigenvalue weighted by Crippen LogP contribution is 2.37. The smallest absolute Gasteiger partial charge is 0.305 e. The minimum absolute atomic E-state index is 0.381. The van der Waals surface area contributed by atoms with Crippen LogP contribution < -0.4 is 5.73 Å². The van der Waals surface area contributed by atoms with E-state index in [4.69, 9.17) is 22.8 Å². The van der Waals surface area contributed by atoms with E-state index in [1.807, 2.05) is 0 Å². The number of ether oxygens (including phenoxy) is 1. The number of nitrogens with two attached hydrogens (primary N) is 1. The molecule has 0 spiro atoms. The minimum atomic E-state index is -3.66. The maximum absolute atomic E-state index is 11.9. The van der Waals surface area contributed by atoms with Gasteiger partial charge < -0.3 is 20.7 Å². The Kier molecular flexibility index (Phi) is 2.09. The Labute approximate surface area is 131 Å². The Hall–Kier alpha value is -1.75. The molecule has 20 heavy (non-hydrogen) atoms. The highest BCUT2D eigenvalue weighted by Gasteiger charge is 2.34. The van der Waals surface area contributed by atoms with E-state index in [0.29, 0.717) is 6.07 Å². The summed E-state index contributed by atoms with van der Waals surface area (Å²) in [4.78, 5) is 11.9. The molecule has 1 aliphatic carbocycles. The average Bonchev–Trinajstić information content (AvgIpc) is 2.61. The molecule has 110 valence electrons. The monoisotopic (exact) mass is 288 g/mol. The fourth-order valence-corrected chi connectivity index (χ4v) is 1.57. The van der Waals surface area contributed by atoms with Gasteiger partial charge in [-0.25, -0.2) is 0 Å². The molecular formula is C15H21NO4. The fourth-order valence-electron chi connectivity index (χ4n) is 1.57. The van der Waals surface area contributed by atoms with Crippen molar-refractivity contribution in [3.8, 4) is 11.5 Å². The van der Waals surface area contributed by atoms with Gasteiger partial charge in [0.05, 0.1) is 2.74 Å². The van der Waals surface area contributed by atoms with Crippen molar-refractivity contribution in [2.24, 2.45) is 5.73 Å². The van der Waals surface area contributed by atoms with Crippen LogP contribution in [0.5, 0.6) is 11.5 Å². The van der Waals surface area contributed by atoms with Crippen molar-refractivity contribution in [3.63, 3.8) is 0 Å². The molecule has 0 radical (unpaired) electrons. The van der Waals surface area contributed by atoms with E-state index in [2.05, 4.69) is 0 Å². The van der Waals surface area contributed by atoms with Gasteiger partial charge in [-0.3, -0.25) is 4.79 Å². The topological polar surface area (TPSA) is 92.8 Å². The van der Waals surface area contributed by atoms with E-state index in [1.165, 1.54) is 6.92 Å². The van der Waals surface area contributed by atoms with Crippen molar-refractivity contribution in [3.05, 3.63) is 23.8 Å². The molecule has 5 nitrogen and oxygen atoms in total. The second-order valence-electron chi connectivity index (χ2n) is 4.02. The van der Waals surface area contributed by atoms with Crippen molar-refractivity contribution >= 4 is 5.97 Å². The van der Waals surface area contributed by atoms with Crippen LogP contribution in [0, 0.1) is 0 Å². The molecule has 0 bridgehead atoms. The van der Waals surface area contributed by atoms with Gasteiger partial charge in [0.15, 0.2) is 11.5 Å². The predicted octanol–water partition coefficient (Wildman–Crippen LogP) is 2.01. The molecule has 2 unspecified atom stereocenters. The van der Waals surface area contributed by atoms with E-state index in [0.717, 1.165) is 12.1 Å². The highest BCUT2D eigenvalue weighted by molar-refractivity contribution is 5.69. The van der Waals surface area contributed by atoms with Crippen LogP contribution in [0.15, 0.2) is 18.2 Å². The number of carbonyl (C=O) groups is 1. The van der Waals surface area contributed by atoms with Crippen LogP contribution in [0.4, 0.5) is 0 Å². The number of benzene rings is 1. The zero-order chi connectivity index (χ0) is 22.8. The van der Waals surface area contributed by atoms with Crippen molar-refractivity contribution in [1.82, 2.24) is 0 Å². The van der Waals surface area contributed by atoms with Crippen LogP contribution in [0.2, 0.25) is 0 Å². The molecular weight excluding hydrogens is 258 g/mol. The standard InChI is InChI=1S/C15H21NO4/c1-2-14(19)20-13-5-3-4-10(15(13)16)9-6-7-11(17)12(18)8-9/h6-8,10,13,15,17-18H,2-5,16H2,1H3/t10?,13?,15-/m0/s1/i3D2,4D2,5D2,10D,13D,15D. The van der Waals surface area contributed by atoms with Gasteiger partial charge in [-0.05, 0) is 36.8 Å². The van der Waals surface area contributed by atoms with Gasteiger partial charge >= 0.3 is 5.97 Å². The number of rotatable bonds is 3. The maximum Gasteiger partial charge on any atom is 0.305 e. The second kappa shape index (κ2) is 6.13. The van der Waals surface area contributed by atoms with Gasteiger partial charge in [0.1, 0.15) is 6.08 Å². The van der Waals surface area contributed by atoms with Crippen LogP contribution in [0.25, 0.3) is 0 Å². The van der Waals surface area contributed by atoms with Crippen molar-refractivity contribution in [2.45, 2.75) is 50.5 Å².